The summed E-state index contributed by atoms with van der Waals surface area (Å²) in [6.07, 6.45) is -0.321. The number of hydrogen-bond acceptors (Lipinski definition) is 5. The maximum Gasteiger partial charge on any atom is 0.282 e. The largest absolute Gasteiger partial charge is 0.373 e. The van der Waals surface area contributed by atoms with Gasteiger partial charge in [0.25, 0.3) is 10.2 Å². The molecule has 2 atom stereocenters. The second-order valence-electron chi connectivity index (χ2n) is 7.20. The van der Waals surface area contributed by atoms with Gasteiger partial charge in [0.15, 0.2) is 0 Å². The Bertz CT molecular complexity index is 852. The fourth-order valence-electron chi connectivity index (χ4n) is 3.48. The van der Waals surface area contributed by atoms with Crippen molar-refractivity contribution in [3.8, 4) is 0 Å². The van der Waals surface area contributed by atoms with Crippen LogP contribution in [0, 0.1) is 6.92 Å². The Morgan fingerprint density at radius 2 is 1.30 bits per heavy atom. The fourth-order valence-corrected chi connectivity index (χ4v) is 6.65. The van der Waals surface area contributed by atoms with Gasteiger partial charge in [-0.25, -0.2) is 8.42 Å². The van der Waals surface area contributed by atoms with Gasteiger partial charge >= 0.3 is 0 Å². The highest BCUT2D eigenvalue weighted by Gasteiger charge is 2.38. The Morgan fingerprint density at radius 1 is 0.815 bits per heavy atom. The predicted octanol–water partition coefficient (Wildman–Crippen LogP) is 0.655. The first-order valence-electron chi connectivity index (χ1n) is 9.08. The fraction of sp³-hybridized carbons (Fsp3) is 0.647. The highest BCUT2D eigenvalue weighted by Crippen LogP contribution is 2.22. The Hall–Kier alpha value is -1.04. The quantitative estimate of drug-likeness (QED) is 0.718. The third-order valence-corrected chi connectivity index (χ3v) is 8.78. The lowest BCUT2D eigenvalue weighted by Gasteiger charge is -2.39. The highest BCUT2D eigenvalue weighted by molar-refractivity contribution is 7.89. The molecule has 8 nitrogen and oxygen atoms in total. The molecule has 0 aromatic heterocycles. The third-order valence-electron chi connectivity index (χ3n) is 4.90. The number of nitrogens with zero attached hydrogens (tertiary/aromatic N) is 3. The van der Waals surface area contributed by atoms with E-state index in [1.54, 1.807) is 24.3 Å². The maximum absolute atomic E-state index is 12.9. The molecule has 0 unspecified atom stereocenters. The molecule has 2 aliphatic rings. The van der Waals surface area contributed by atoms with E-state index in [0.29, 0.717) is 13.1 Å². The third kappa shape index (κ3) is 4.36. The van der Waals surface area contributed by atoms with Crippen LogP contribution in [0.2, 0.25) is 0 Å². The zero-order valence-corrected chi connectivity index (χ0v) is 17.5. The van der Waals surface area contributed by atoms with Gasteiger partial charge < -0.3 is 4.74 Å². The van der Waals surface area contributed by atoms with E-state index in [1.807, 2.05) is 20.8 Å². The Labute approximate surface area is 161 Å². The molecular formula is C17H27N3O5S2. The average molecular weight is 418 g/mol. The molecule has 0 aliphatic carbocycles. The number of rotatable bonds is 4. The van der Waals surface area contributed by atoms with E-state index in [4.69, 9.17) is 4.74 Å². The molecule has 10 heteroatoms. The minimum absolute atomic E-state index is 0.144. The first-order valence-corrected chi connectivity index (χ1v) is 11.9. The topological polar surface area (TPSA) is 87.2 Å². The van der Waals surface area contributed by atoms with E-state index < -0.39 is 20.2 Å². The van der Waals surface area contributed by atoms with E-state index in [-0.39, 0.29) is 43.3 Å². The second-order valence-corrected chi connectivity index (χ2v) is 11.1. The predicted molar refractivity (Wildman–Crippen MR) is 102 cm³/mol. The molecule has 2 fully saturated rings. The Morgan fingerprint density at radius 3 is 1.81 bits per heavy atom. The van der Waals surface area contributed by atoms with Gasteiger partial charge in [0.2, 0.25) is 10.0 Å². The molecule has 0 amide bonds. The van der Waals surface area contributed by atoms with Crippen LogP contribution in [-0.2, 0) is 25.0 Å². The van der Waals surface area contributed by atoms with Crippen molar-refractivity contribution in [3.63, 3.8) is 0 Å². The average Bonchev–Trinajstić information content (AvgIpc) is 2.61. The molecule has 0 saturated carbocycles. The molecule has 27 heavy (non-hydrogen) atoms. The lowest BCUT2D eigenvalue weighted by atomic mass is 10.2. The number of morpholine rings is 1. The summed E-state index contributed by atoms with van der Waals surface area (Å²) in [7, 11) is -7.24. The number of piperazine rings is 1. The molecule has 2 aliphatic heterocycles. The van der Waals surface area contributed by atoms with Gasteiger partial charge in [-0.3, -0.25) is 0 Å². The van der Waals surface area contributed by atoms with Gasteiger partial charge in [-0.15, -0.1) is 0 Å². The standard InChI is InChI=1S/C17H27N3O5S2/c1-14-4-6-17(7-5-14)26(21,22)18-8-10-19(11-9-18)27(23,24)20-12-15(2)25-16(3)13-20/h4-7,15-16H,8-13H2,1-3H3/t15-,16+. The Kier molecular flexibility index (Phi) is 5.95. The summed E-state index contributed by atoms with van der Waals surface area (Å²) in [5.74, 6) is 0. The van der Waals surface area contributed by atoms with E-state index >= 15 is 0 Å². The van der Waals surface area contributed by atoms with Crippen molar-refractivity contribution in [3.05, 3.63) is 29.8 Å². The smallest absolute Gasteiger partial charge is 0.282 e. The summed E-state index contributed by atoms with van der Waals surface area (Å²) in [6, 6.07) is 6.69. The summed E-state index contributed by atoms with van der Waals surface area (Å²) >= 11 is 0. The molecule has 1 aromatic rings. The lowest BCUT2D eigenvalue weighted by molar-refractivity contribution is -0.0456. The van der Waals surface area contributed by atoms with E-state index in [0.717, 1.165) is 5.56 Å². The summed E-state index contributed by atoms with van der Waals surface area (Å²) in [5, 5.41) is 0. The van der Waals surface area contributed by atoms with Crippen molar-refractivity contribution in [2.45, 2.75) is 37.9 Å². The SMILES string of the molecule is Cc1ccc(S(=O)(=O)N2CCN(S(=O)(=O)N3C[C@@H](C)O[C@@H](C)C3)CC2)cc1. The van der Waals surface area contributed by atoms with Crippen molar-refractivity contribution in [2.24, 2.45) is 0 Å². The van der Waals surface area contributed by atoms with E-state index in [1.165, 1.54) is 12.9 Å². The van der Waals surface area contributed by atoms with Crippen molar-refractivity contribution in [1.82, 2.24) is 12.9 Å². The van der Waals surface area contributed by atoms with Gasteiger partial charge in [-0.05, 0) is 32.9 Å². The normalized spacial score (nSPS) is 26.9. The number of hydrogen-bond donors (Lipinski definition) is 0. The van der Waals surface area contributed by atoms with Crippen molar-refractivity contribution in [1.29, 1.82) is 0 Å². The van der Waals surface area contributed by atoms with Crippen LogP contribution in [0.15, 0.2) is 29.2 Å². The van der Waals surface area contributed by atoms with Crippen LogP contribution in [0.1, 0.15) is 19.4 Å². The minimum atomic E-state index is -3.62. The van der Waals surface area contributed by atoms with Crippen LogP contribution in [0.5, 0.6) is 0 Å². The first-order chi connectivity index (χ1) is 12.6. The molecular weight excluding hydrogens is 390 g/mol. The monoisotopic (exact) mass is 417 g/mol. The van der Waals surface area contributed by atoms with Crippen molar-refractivity contribution in [2.75, 3.05) is 39.3 Å². The number of sulfonamides is 1. The molecule has 2 heterocycles. The molecule has 0 radical (unpaired) electrons. The van der Waals surface area contributed by atoms with Crippen LogP contribution in [0.4, 0.5) is 0 Å². The lowest BCUT2D eigenvalue weighted by Crippen LogP contribution is -2.57. The van der Waals surface area contributed by atoms with Crippen LogP contribution in [0.25, 0.3) is 0 Å². The first kappa shape index (κ1) is 20.7. The molecule has 1 aromatic carbocycles. The number of benzene rings is 1. The van der Waals surface area contributed by atoms with Crippen LogP contribution < -0.4 is 0 Å². The highest BCUT2D eigenvalue weighted by atomic mass is 32.2. The molecule has 152 valence electrons. The molecule has 3 rings (SSSR count). The minimum Gasteiger partial charge on any atom is -0.373 e. The van der Waals surface area contributed by atoms with Crippen LogP contribution in [0.3, 0.4) is 0 Å². The molecule has 0 bridgehead atoms. The van der Waals surface area contributed by atoms with Gasteiger partial charge in [-0.1, -0.05) is 17.7 Å². The van der Waals surface area contributed by atoms with Gasteiger partial charge in [-0.2, -0.15) is 21.3 Å². The number of ether oxygens (including phenoxy) is 1. The zero-order valence-electron chi connectivity index (χ0n) is 15.9. The summed E-state index contributed by atoms with van der Waals surface area (Å²) < 4.78 is 61.2. The van der Waals surface area contributed by atoms with Crippen molar-refractivity contribution < 1.29 is 21.6 Å². The second kappa shape index (κ2) is 7.76. The van der Waals surface area contributed by atoms with Gasteiger partial charge in [0.1, 0.15) is 0 Å². The summed E-state index contributed by atoms with van der Waals surface area (Å²) in [5.41, 5.74) is 0.985. The summed E-state index contributed by atoms with van der Waals surface area (Å²) in [6.45, 7) is 6.81. The van der Waals surface area contributed by atoms with E-state index in [2.05, 4.69) is 0 Å². The molecule has 0 spiro atoms. The van der Waals surface area contributed by atoms with E-state index in [9.17, 15) is 16.8 Å². The van der Waals surface area contributed by atoms with Crippen molar-refractivity contribution >= 4 is 20.2 Å². The molecule has 2 saturated heterocycles. The number of aryl methyl sites for hydroxylation is 1. The van der Waals surface area contributed by atoms with Crippen LogP contribution in [-0.4, -0.2) is 81.2 Å². The maximum atomic E-state index is 12.9. The summed E-state index contributed by atoms with van der Waals surface area (Å²) in [4.78, 5) is 0.236. The zero-order chi connectivity index (χ0) is 19.8. The Balaban J connectivity index is 1.68. The van der Waals surface area contributed by atoms with Gasteiger partial charge in [0, 0.05) is 39.3 Å². The molecule has 0 N–H and O–H groups in total. The van der Waals surface area contributed by atoms with Gasteiger partial charge in [0.05, 0.1) is 17.1 Å². The van der Waals surface area contributed by atoms with Crippen LogP contribution >= 0.6 is 0 Å².